The third kappa shape index (κ3) is 3.01. The highest BCUT2D eigenvalue weighted by Gasteiger charge is 2.15. The van der Waals surface area contributed by atoms with Crippen LogP contribution in [0.1, 0.15) is 11.1 Å². The minimum atomic E-state index is 0.164. The summed E-state index contributed by atoms with van der Waals surface area (Å²) in [5, 5.41) is 24.9. The molecule has 2 aromatic heterocycles. The molecule has 0 bridgehead atoms. The SMILES string of the molecule is Cc1cnc(-n2cc(C)c(-c3ccccc3O)n2)nc1-c1ccccc1O. The van der Waals surface area contributed by atoms with Gasteiger partial charge in [0.1, 0.15) is 11.5 Å². The lowest BCUT2D eigenvalue weighted by Gasteiger charge is -2.09. The van der Waals surface area contributed by atoms with Crippen molar-refractivity contribution in [2.24, 2.45) is 0 Å². The molecule has 2 aromatic carbocycles. The van der Waals surface area contributed by atoms with Crippen LogP contribution in [-0.2, 0) is 0 Å². The van der Waals surface area contributed by atoms with Gasteiger partial charge in [0, 0.05) is 23.5 Å². The molecule has 134 valence electrons. The number of aryl methyl sites for hydroxylation is 2. The fraction of sp³-hybridized carbons (Fsp3) is 0.0952. The maximum absolute atomic E-state index is 10.2. The molecule has 4 rings (SSSR count). The molecule has 0 saturated heterocycles. The number of rotatable bonds is 3. The monoisotopic (exact) mass is 358 g/mol. The van der Waals surface area contributed by atoms with Crippen LogP contribution in [0.4, 0.5) is 0 Å². The standard InChI is InChI=1S/C21H18N4O2/c1-13-11-22-21(23-19(13)15-7-3-5-9-17(15)26)25-12-14(2)20(24-25)16-8-4-6-10-18(16)27/h3-12,26-27H,1-2H3. The van der Waals surface area contributed by atoms with Crippen LogP contribution in [0.25, 0.3) is 28.5 Å². The van der Waals surface area contributed by atoms with Gasteiger partial charge < -0.3 is 10.2 Å². The second-order valence-corrected chi connectivity index (χ2v) is 6.34. The smallest absolute Gasteiger partial charge is 0.251 e. The van der Waals surface area contributed by atoms with Gasteiger partial charge in [0.15, 0.2) is 0 Å². The molecule has 6 heteroatoms. The molecule has 0 amide bonds. The number of para-hydroxylation sites is 2. The summed E-state index contributed by atoms with van der Waals surface area (Å²) in [4.78, 5) is 8.99. The first-order valence-corrected chi connectivity index (χ1v) is 8.51. The minimum absolute atomic E-state index is 0.164. The number of nitrogens with zero attached hydrogens (tertiary/aromatic N) is 4. The van der Waals surface area contributed by atoms with E-state index in [1.54, 1.807) is 35.1 Å². The van der Waals surface area contributed by atoms with Gasteiger partial charge in [-0.15, -0.1) is 0 Å². The Kier molecular flexibility index (Phi) is 4.08. The van der Waals surface area contributed by atoms with Crippen LogP contribution in [0, 0.1) is 13.8 Å². The Morgan fingerprint density at radius 3 is 2.00 bits per heavy atom. The van der Waals surface area contributed by atoms with Gasteiger partial charge in [0.25, 0.3) is 5.95 Å². The number of phenols is 2. The molecule has 0 radical (unpaired) electrons. The molecule has 27 heavy (non-hydrogen) atoms. The Hall–Kier alpha value is -3.67. The predicted molar refractivity (Wildman–Crippen MR) is 103 cm³/mol. The summed E-state index contributed by atoms with van der Waals surface area (Å²) in [6, 6.07) is 14.1. The maximum Gasteiger partial charge on any atom is 0.251 e. The molecule has 0 fully saturated rings. The molecule has 4 aromatic rings. The van der Waals surface area contributed by atoms with Gasteiger partial charge in [0.2, 0.25) is 0 Å². The summed E-state index contributed by atoms with van der Waals surface area (Å²) in [5.74, 6) is 0.728. The lowest BCUT2D eigenvalue weighted by molar-refractivity contribution is 0.476. The Balaban J connectivity index is 1.82. The van der Waals surface area contributed by atoms with E-state index in [0.29, 0.717) is 28.5 Å². The summed E-state index contributed by atoms with van der Waals surface area (Å²) >= 11 is 0. The first-order valence-electron chi connectivity index (χ1n) is 8.51. The van der Waals surface area contributed by atoms with Crippen molar-refractivity contribution in [1.82, 2.24) is 19.7 Å². The predicted octanol–water partition coefficient (Wildman–Crippen LogP) is 4.02. The Labute approximate surface area is 156 Å². The number of benzene rings is 2. The molecule has 0 unspecified atom stereocenters. The maximum atomic E-state index is 10.2. The first kappa shape index (κ1) is 16.8. The van der Waals surface area contributed by atoms with Crippen molar-refractivity contribution < 1.29 is 10.2 Å². The number of phenolic OH excluding ortho intramolecular Hbond substituents is 2. The van der Waals surface area contributed by atoms with Crippen molar-refractivity contribution in [3.05, 3.63) is 72.1 Å². The Morgan fingerprint density at radius 1 is 0.778 bits per heavy atom. The normalized spacial score (nSPS) is 10.9. The van der Waals surface area contributed by atoms with Crippen LogP contribution in [0.15, 0.2) is 60.9 Å². The van der Waals surface area contributed by atoms with Crippen LogP contribution in [0.2, 0.25) is 0 Å². The molecule has 0 aliphatic rings. The average Bonchev–Trinajstić information content (AvgIpc) is 3.05. The van der Waals surface area contributed by atoms with E-state index in [9.17, 15) is 10.2 Å². The van der Waals surface area contributed by atoms with Gasteiger partial charge in [-0.25, -0.2) is 14.6 Å². The zero-order chi connectivity index (χ0) is 19.0. The second kappa shape index (κ2) is 6.57. The van der Waals surface area contributed by atoms with Gasteiger partial charge in [-0.1, -0.05) is 24.3 Å². The number of hydrogen-bond acceptors (Lipinski definition) is 5. The van der Waals surface area contributed by atoms with E-state index in [1.807, 2.05) is 44.3 Å². The van der Waals surface area contributed by atoms with Crippen molar-refractivity contribution in [1.29, 1.82) is 0 Å². The van der Waals surface area contributed by atoms with E-state index in [-0.39, 0.29) is 11.5 Å². The molecule has 0 spiro atoms. The molecule has 0 saturated carbocycles. The second-order valence-electron chi connectivity index (χ2n) is 6.34. The molecule has 6 nitrogen and oxygen atoms in total. The highest BCUT2D eigenvalue weighted by Crippen LogP contribution is 2.31. The fourth-order valence-electron chi connectivity index (χ4n) is 2.99. The van der Waals surface area contributed by atoms with E-state index in [1.165, 1.54) is 0 Å². The van der Waals surface area contributed by atoms with Crippen LogP contribution < -0.4 is 0 Å². The van der Waals surface area contributed by atoms with Crippen molar-refractivity contribution >= 4 is 0 Å². The molecular formula is C21H18N4O2. The molecule has 2 N–H and O–H groups in total. The van der Waals surface area contributed by atoms with Crippen molar-refractivity contribution in [2.45, 2.75) is 13.8 Å². The van der Waals surface area contributed by atoms with E-state index < -0.39 is 0 Å². The highest BCUT2D eigenvalue weighted by molar-refractivity contribution is 5.70. The molecular weight excluding hydrogens is 340 g/mol. The topological polar surface area (TPSA) is 84.1 Å². The lowest BCUT2D eigenvalue weighted by Crippen LogP contribution is -2.04. The third-order valence-electron chi connectivity index (χ3n) is 4.38. The summed E-state index contributed by atoms with van der Waals surface area (Å²) in [6.07, 6.45) is 3.53. The fourth-order valence-corrected chi connectivity index (χ4v) is 2.99. The zero-order valence-electron chi connectivity index (χ0n) is 15.0. The van der Waals surface area contributed by atoms with Crippen molar-refractivity contribution in [3.8, 4) is 40.0 Å². The lowest BCUT2D eigenvalue weighted by atomic mass is 10.1. The third-order valence-corrected chi connectivity index (χ3v) is 4.38. The van der Waals surface area contributed by atoms with Gasteiger partial charge in [-0.05, 0) is 49.2 Å². The quantitative estimate of drug-likeness (QED) is 0.578. The van der Waals surface area contributed by atoms with Gasteiger partial charge in [-0.3, -0.25) is 0 Å². The van der Waals surface area contributed by atoms with Crippen LogP contribution in [0.5, 0.6) is 11.5 Å². The minimum Gasteiger partial charge on any atom is -0.507 e. The summed E-state index contributed by atoms with van der Waals surface area (Å²) < 4.78 is 1.58. The van der Waals surface area contributed by atoms with E-state index in [0.717, 1.165) is 11.1 Å². The first-order chi connectivity index (χ1) is 13.0. The highest BCUT2D eigenvalue weighted by atomic mass is 16.3. The van der Waals surface area contributed by atoms with E-state index in [4.69, 9.17) is 0 Å². The van der Waals surface area contributed by atoms with Gasteiger partial charge >= 0.3 is 0 Å². The largest absolute Gasteiger partial charge is 0.507 e. The Morgan fingerprint density at radius 2 is 1.37 bits per heavy atom. The summed E-state index contributed by atoms with van der Waals surface area (Å²) in [5.41, 5.74) is 4.36. The van der Waals surface area contributed by atoms with Crippen LogP contribution in [0.3, 0.4) is 0 Å². The van der Waals surface area contributed by atoms with E-state index in [2.05, 4.69) is 15.1 Å². The van der Waals surface area contributed by atoms with E-state index >= 15 is 0 Å². The van der Waals surface area contributed by atoms with Crippen LogP contribution in [-0.4, -0.2) is 30.0 Å². The summed E-state index contributed by atoms with van der Waals surface area (Å²) in [6.45, 7) is 3.82. The summed E-state index contributed by atoms with van der Waals surface area (Å²) in [7, 11) is 0. The van der Waals surface area contributed by atoms with Gasteiger partial charge in [0.05, 0.1) is 11.4 Å². The van der Waals surface area contributed by atoms with Crippen molar-refractivity contribution in [2.75, 3.05) is 0 Å². The average molecular weight is 358 g/mol. The number of aromatic hydroxyl groups is 2. The zero-order valence-corrected chi connectivity index (χ0v) is 15.0. The Bertz CT molecular complexity index is 1130. The molecule has 0 atom stereocenters. The number of aromatic nitrogens is 4. The molecule has 2 heterocycles. The van der Waals surface area contributed by atoms with Crippen molar-refractivity contribution in [3.63, 3.8) is 0 Å². The van der Waals surface area contributed by atoms with Crippen LogP contribution >= 0.6 is 0 Å². The molecule has 0 aliphatic carbocycles. The molecule has 0 aliphatic heterocycles. The number of hydrogen-bond donors (Lipinski definition) is 2. The van der Waals surface area contributed by atoms with Gasteiger partial charge in [-0.2, -0.15) is 5.10 Å².